The molecule has 0 bridgehead atoms. The number of carbonyl (C=O) groups excluding carboxylic acids is 9. The first-order valence-electron chi connectivity index (χ1n) is 26.9. The number of hydrogen-bond donors (Lipinski definition) is 7. The van der Waals surface area contributed by atoms with Gasteiger partial charge in [0.05, 0.1) is 4.88 Å². The van der Waals surface area contributed by atoms with E-state index in [2.05, 4.69) is 33.1 Å². The number of nitrogens with two attached hydrogens (primary N) is 1. The Labute approximate surface area is 473 Å². The van der Waals surface area contributed by atoms with Crippen LogP contribution in [-0.4, -0.2) is 146 Å². The van der Waals surface area contributed by atoms with Gasteiger partial charge in [0.25, 0.3) is 11.8 Å². The minimum absolute atomic E-state index is 0.0113. The molecule has 5 aliphatic rings. The molecular formula is C56H61F3N9O12PS. The average Bonchev–Trinajstić information content (AvgIpc) is 3.73. The van der Waals surface area contributed by atoms with Crippen molar-refractivity contribution in [3.63, 3.8) is 0 Å². The molecule has 0 saturated carbocycles. The molecule has 21 nitrogen and oxygen atoms in total. The molecule has 4 fully saturated rings. The average molecular weight is 1170 g/mol. The van der Waals surface area contributed by atoms with E-state index in [1.54, 1.807) is 24.1 Å². The molecule has 1 aromatic heterocycles. The second kappa shape index (κ2) is 24.5. The number of imide groups is 1. The van der Waals surface area contributed by atoms with Gasteiger partial charge in [0.15, 0.2) is 0 Å². The van der Waals surface area contributed by atoms with Gasteiger partial charge in [0, 0.05) is 72.9 Å². The van der Waals surface area contributed by atoms with E-state index < -0.39 is 102 Å². The SMILES string of the molecule is CN1CC[C@H]2CC[C@@H](C(=O)N[C@@H](CCC(N)=O)C(=O)N[C@H](C(=O)N3CCC(CCC#Cc4cccc5c4CN(C4CCC(=O)NC4=O)C5=O)CC3)c3ccc(F)cc3)N2C(=O)[C@@H](NC(=O)c2cc3cc(C(F)(F)P(=O)(O)O)ccc3s2)C1. The van der Waals surface area contributed by atoms with Crippen LogP contribution in [0.2, 0.25) is 0 Å². The number of rotatable bonds is 16. The zero-order valence-electron chi connectivity index (χ0n) is 44.5. The van der Waals surface area contributed by atoms with E-state index in [-0.39, 0.29) is 78.8 Å². The summed E-state index contributed by atoms with van der Waals surface area (Å²) in [7, 11) is -4.13. The summed E-state index contributed by atoms with van der Waals surface area (Å²) in [6.07, 6.45) is 3.15. The molecule has 4 saturated heterocycles. The van der Waals surface area contributed by atoms with E-state index in [9.17, 15) is 70.7 Å². The highest BCUT2D eigenvalue weighted by atomic mass is 32.1. The summed E-state index contributed by atoms with van der Waals surface area (Å²) in [5.74, 6) is 0.597. The fourth-order valence-corrected chi connectivity index (χ4v) is 12.8. The minimum atomic E-state index is -5.88. The zero-order valence-corrected chi connectivity index (χ0v) is 46.2. The number of fused-ring (bicyclic) bond motifs is 3. The monoisotopic (exact) mass is 1170 g/mol. The highest BCUT2D eigenvalue weighted by molar-refractivity contribution is 7.52. The molecule has 6 heterocycles. The number of benzene rings is 3. The van der Waals surface area contributed by atoms with Crippen molar-refractivity contribution in [1.82, 2.24) is 40.9 Å². The van der Waals surface area contributed by atoms with Crippen molar-refractivity contribution < 1.29 is 70.7 Å². The highest BCUT2D eigenvalue weighted by Crippen LogP contribution is 2.59. The van der Waals surface area contributed by atoms with E-state index in [0.29, 0.717) is 74.0 Å². The number of likely N-dealkylation sites (tertiary alicyclic amines) is 1. The van der Waals surface area contributed by atoms with Crippen LogP contribution in [0.4, 0.5) is 13.2 Å². The number of thiophene rings is 1. The summed E-state index contributed by atoms with van der Waals surface area (Å²) in [5, 5.41) is 10.6. The molecule has 6 atom stereocenters. The van der Waals surface area contributed by atoms with Gasteiger partial charge in [-0.25, -0.2) is 4.39 Å². The number of nitrogens with one attached hydrogen (secondary N) is 4. The van der Waals surface area contributed by atoms with Crippen molar-refractivity contribution in [2.75, 3.05) is 33.2 Å². The molecule has 1 unspecified atom stereocenters. The molecule has 434 valence electrons. The summed E-state index contributed by atoms with van der Waals surface area (Å²) >= 11 is 0.905. The molecule has 0 aliphatic carbocycles. The van der Waals surface area contributed by atoms with Crippen molar-refractivity contribution in [2.24, 2.45) is 11.7 Å². The predicted octanol–water partition coefficient (Wildman–Crippen LogP) is 3.50. The van der Waals surface area contributed by atoms with Crippen molar-refractivity contribution in [2.45, 2.75) is 119 Å². The Kier molecular flexibility index (Phi) is 17.7. The van der Waals surface area contributed by atoms with Crippen molar-refractivity contribution in [1.29, 1.82) is 0 Å². The number of likely N-dealkylation sites (N-methyl/N-ethyl adjacent to an activating group) is 1. The van der Waals surface area contributed by atoms with Gasteiger partial charge in [-0.2, -0.15) is 8.78 Å². The molecule has 82 heavy (non-hydrogen) atoms. The molecule has 5 aliphatic heterocycles. The van der Waals surface area contributed by atoms with Crippen molar-refractivity contribution in [3.05, 3.63) is 105 Å². The van der Waals surface area contributed by atoms with Crippen LogP contribution in [0.1, 0.15) is 119 Å². The normalized spacial score (nSPS) is 21.6. The van der Waals surface area contributed by atoms with E-state index >= 15 is 0 Å². The quantitative estimate of drug-likeness (QED) is 0.0481. The standard InChI is InChI=1S/C56H61F3N9O12PS/c1-65-24-23-37-14-16-43(68(37)54(76)41(30-65)62-52(74)45-28-34-27-35(11-18-44(34)82-45)56(58,59)81(78,79)80)51(73)61-40(15-19-46(60)69)49(71)64-48(33-9-12-36(57)13-10-33)55(77)66-25-21-31(22-26-66)5-2-3-6-32-7-4-8-38-39(32)29-67(53(38)75)42-17-20-47(70)63-50(42)72/h4,7-13,18,27-28,31,37,40-43,48H,2,5,14-17,19-26,29-30H2,1H3,(H2,60,69)(H,61,73)(H,62,74)(H,64,71)(H,63,70,72)(H2,78,79,80)/t37-,40+,41+,42?,43+,48+/m1/s1. The number of piperidine rings is 2. The second-order valence-corrected chi connectivity index (χ2v) is 24.2. The lowest BCUT2D eigenvalue weighted by Crippen LogP contribution is -2.61. The van der Waals surface area contributed by atoms with Crippen LogP contribution in [0.25, 0.3) is 10.1 Å². The number of carbonyl (C=O) groups is 9. The number of primary amides is 1. The van der Waals surface area contributed by atoms with Gasteiger partial charge in [-0.05, 0) is 130 Å². The maximum atomic E-state index is 14.6. The smallest absolute Gasteiger partial charge is 0.370 e. The Morgan fingerprint density at radius 3 is 2.38 bits per heavy atom. The van der Waals surface area contributed by atoms with E-state index in [0.717, 1.165) is 41.2 Å². The van der Waals surface area contributed by atoms with Crippen LogP contribution >= 0.6 is 18.9 Å². The molecule has 9 rings (SSSR count). The lowest BCUT2D eigenvalue weighted by molar-refractivity contribution is -0.144. The first-order chi connectivity index (χ1) is 39.0. The fourth-order valence-electron chi connectivity index (χ4n) is 11.4. The van der Waals surface area contributed by atoms with Crippen LogP contribution in [0, 0.1) is 23.6 Å². The lowest BCUT2D eigenvalue weighted by Gasteiger charge is -2.38. The first kappa shape index (κ1) is 59.1. The van der Waals surface area contributed by atoms with Crippen LogP contribution in [0.3, 0.4) is 0 Å². The van der Waals surface area contributed by atoms with E-state index in [1.807, 2.05) is 11.0 Å². The van der Waals surface area contributed by atoms with Crippen LogP contribution in [-0.2, 0) is 50.3 Å². The van der Waals surface area contributed by atoms with E-state index in [4.69, 9.17) is 5.73 Å². The third-order valence-electron chi connectivity index (χ3n) is 15.9. The molecule has 3 aromatic carbocycles. The molecule has 9 amide bonds. The van der Waals surface area contributed by atoms with Gasteiger partial charge in [-0.1, -0.05) is 36.1 Å². The van der Waals surface area contributed by atoms with Crippen LogP contribution in [0.15, 0.2) is 66.7 Å². The van der Waals surface area contributed by atoms with Crippen LogP contribution < -0.4 is 27.0 Å². The van der Waals surface area contributed by atoms with Gasteiger partial charge < -0.3 is 51.1 Å². The topological polar surface area (TPSA) is 298 Å². The Morgan fingerprint density at radius 1 is 0.927 bits per heavy atom. The Hall–Kier alpha value is -7.49. The molecule has 8 N–H and O–H groups in total. The number of alkyl halides is 2. The van der Waals surface area contributed by atoms with Gasteiger partial charge >= 0.3 is 13.3 Å². The summed E-state index contributed by atoms with van der Waals surface area (Å²) in [6.45, 7) is 1.30. The number of halogens is 3. The molecule has 26 heteroatoms. The number of nitrogens with zero attached hydrogens (tertiary/aromatic N) is 4. The van der Waals surface area contributed by atoms with Gasteiger partial charge in [0.1, 0.15) is 36.0 Å². The van der Waals surface area contributed by atoms with Gasteiger partial charge in [-0.3, -0.25) is 53.0 Å². The molecule has 0 spiro atoms. The number of hydrogen-bond acceptors (Lipinski definition) is 12. The van der Waals surface area contributed by atoms with Gasteiger partial charge in [0.2, 0.25) is 41.4 Å². The third kappa shape index (κ3) is 12.9. The van der Waals surface area contributed by atoms with E-state index in [1.165, 1.54) is 34.1 Å². The molecule has 0 radical (unpaired) electrons. The maximum absolute atomic E-state index is 14.6. The lowest BCUT2D eigenvalue weighted by atomic mass is 9.91. The van der Waals surface area contributed by atoms with Crippen molar-refractivity contribution in [3.8, 4) is 11.8 Å². The fraction of sp³-hybridized carbons (Fsp3) is 0.446. The minimum Gasteiger partial charge on any atom is -0.370 e. The Balaban J connectivity index is 0.839. The highest BCUT2D eigenvalue weighted by Gasteiger charge is 2.51. The summed E-state index contributed by atoms with van der Waals surface area (Å²) < 4.78 is 55.3. The second-order valence-electron chi connectivity index (χ2n) is 21.4. The molecule has 4 aromatic rings. The summed E-state index contributed by atoms with van der Waals surface area (Å²) in [4.78, 5) is 146. The Bertz CT molecular complexity index is 3340. The summed E-state index contributed by atoms with van der Waals surface area (Å²) in [6, 6.07) is 8.07. The third-order valence-corrected chi connectivity index (χ3v) is 18.0. The Morgan fingerprint density at radius 2 is 1.67 bits per heavy atom. The number of amides is 9. The predicted molar refractivity (Wildman–Crippen MR) is 290 cm³/mol. The zero-order chi connectivity index (χ0) is 58.8. The van der Waals surface area contributed by atoms with Crippen LogP contribution in [0.5, 0.6) is 0 Å². The largest absolute Gasteiger partial charge is 0.399 e. The van der Waals surface area contributed by atoms with Crippen molar-refractivity contribution >= 4 is 82.2 Å². The maximum Gasteiger partial charge on any atom is 0.399 e. The van der Waals surface area contributed by atoms with Gasteiger partial charge in [-0.15, -0.1) is 11.3 Å². The first-order valence-corrected chi connectivity index (χ1v) is 29.4. The molecular weight excluding hydrogens is 1110 g/mol. The summed E-state index contributed by atoms with van der Waals surface area (Å²) in [5.41, 5.74) is 2.19.